The third kappa shape index (κ3) is 3.39. The van der Waals surface area contributed by atoms with Crippen LogP contribution in [0.15, 0.2) is 18.2 Å². The van der Waals surface area contributed by atoms with Crippen molar-refractivity contribution in [1.29, 1.82) is 0 Å². The van der Waals surface area contributed by atoms with Crippen molar-refractivity contribution in [2.24, 2.45) is 0 Å². The zero-order chi connectivity index (χ0) is 15.6. The van der Waals surface area contributed by atoms with Crippen LogP contribution >= 0.6 is 0 Å². The lowest BCUT2D eigenvalue weighted by atomic mass is 9.87. The minimum Gasteiger partial charge on any atom is -0.495 e. The fourth-order valence-corrected chi connectivity index (χ4v) is 1.89. The Labute approximate surface area is 123 Å². The summed E-state index contributed by atoms with van der Waals surface area (Å²) < 4.78 is 5.29. The highest BCUT2D eigenvalue weighted by atomic mass is 16.5. The van der Waals surface area contributed by atoms with Crippen LogP contribution in [0.5, 0.6) is 5.75 Å². The molecule has 2 aromatic rings. The van der Waals surface area contributed by atoms with Crippen molar-refractivity contribution in [2.45, 2.75) is 33.1 Å². The number of benzene rings is 1. The van der Waals surface area contributed by atoms with E-state index in [1.807, 2.05) is 18.2 Å². The largest absolute Gasteiger partial charge is 0.495 e. The molecule has 21 heavy (non-hydrogen) atoms. The highest BCUT2D eigenvalue weighted by molar-refractivity contribution is 6.02. The lowest BCUT2D eigenvalue weighted by molar-refractivity contribution is 0.101. The normalized spacial score (nSPS) is 11.3. The van der Waals surface area contributed by atoms with Gasteiger partial charge in [-0.1, -0.05) is 26.8 Å². The van der Waals surface area contributed by atoms with E-state index in [4.69, 9.17) is 4.74 Å². The molecular formula is C15H20N4O2. The number of aromatic nitrogens is 3. The molecule has 0 radical (unpaired) electrons. The first kappa shape index (κ1) is 15.0. The number of hydrogen-bond acceptors (Lipinski definition) is 4. The van der Waals surface area contributed by atoms with E-state index in [0.717, 1.165) is 5.56 Å². The third-order valence-corrected chi connectivity index (χ3v) is 3.11. The fraction of sp³-hybridized carbons (Fsp3) is 0.400. The smallest absolute Gasteiger partial charge is 0.295 e. The summed E-state index contributed by atoms with van der Waals surface area (Å²) in [7, 11) is 1.57. The van der Waals surface area contributed by atoms with E-state index in [9.17, 15) is 4.79 Å². The van der Waals surface area contributed by atoms with Gasteiger partial charge in [0.2, 0.25) is 5.82 Å². The second-order valence-electron chi connectivity index (χ2n) is 5.86. The Hall–Kier alpha value is -2.37. The van der Waals surface area contributed by atoms with Gasteiger partial charge < -0.3 is 10.1 Å². The van der Waals surface area contributed by atoms with E-state index >= 15 is 0 Å². The molecule has 1 amide bonds. The third-order valence-electron chi connectivity index (χ3n) is 3.11. The van der Waals surface area contributed by atoms with Crippen molar-refractivity contribution in [2.75, 3.05) is 12.4 Å². The Morgan fingerprint density at radius 1 is 1.33 bits per heavy atom. The van der Waals surface area contributed by atoms with E-state index in [1.165, 1.54) is 0 Å². The maximum Gasteiger partial charge on any atom is 0.295 e. The van der Waals surface area contributed by atoms with Crippen molar-refractivity contribution in [3.63, 3.8) is 0 Å². The van der Waals surface area contributed by atoms with Crippen molar-refractivity contribution < 1.29 is 9.53 Å². The van der Waals surface area contributed by atoms with Gasteiger partial charge in [0.25, 0.3) is 5.91 Å². The summed E-state index contributed by atoms with van der Waals surface area (Å²) in [4.78, 5) is 16.2. The summed E-state index contributed by atoms with van der Waals surface area (Å²) in [6.07, 6.45) is 0. The lowest BCUT2D eigenvalue weighted by Crippen LogP contribution is -2.16. The number of amides is 1. The van der Waals surface area contributed by atoms with Crippen LogP contribution in [0.1, 0.15) is 42.8 Å². The van der Waals surface area contributed by atoms with Gasteiger partial charge in [-0.15, -0.1) is 5.10 Å². The molecular weight excluding hydrogens is 268 g/mol. The van der Waals surface area contributed by atoms with Crippen LogP contribution in [0.2, 0.25) is 0 Å². The Bertz CT molecular complexity index is 656. The number of aromatic amines is 1. The number of rotatable bonds is 3. The number of ether oxygens (including phenoxy) is 1. The maximum atomic E-state index is 12.1. The van der Waals surface area contributed by atoms with Crippen molar-refractivity contribution in [1.82, 2.24) is 15.2 Å². The minimum atomic E-state index is -0.372. The SMILES string of the molecule is COc1ccc(C(C)(C)C)cc1NC(=O)c1n[nH]c(C)n1. The number of carbonyl (C=O) groups excluding carboxylic acids is 1. The number of nitrogens with one attached hydrogen (secondary N) is 2. The number of anilines is 1. The molecule has 1 aromatic carbocycles. The molecule has 0 saturated carbocycles. The molecule has 6 heteroatoms. The quantitative estimate of drug-likeness (QED) is 0.910. The molecule has 0 bridgehead atoms. The number of carbonyl (C=O) groups is 1. The fourth-order valence-electron chi connectivity index (χ4n) is 1.89. The Balaban J connectivity index is 2.31. The van der Waals surface area contributed by atoms with Crippen LogP contribution in [0.25, 0.3) is 0 Å². The molecule has 0 aliphatic carbocycles. The van der Waals surface area contributed by atoms with Gasteiger partial charge >= 0.3 is 0 Å². The molecule has 2 rings (SSSR count). The van der Waals surface area contributed by atoms with Crippen molar-refractivity contribution in [3.05, 3.63) is 35.4 Å². The molecule has 0 fully saturated rings. The van der Waals surface area contributed by atoms with E-state index in [1.54, 1.807) is 14.0 Å². The van der Waals surface area contributed by atoms with Gasteiger partial charge in [0.15, 0.2) is 0 Å². The summed E-state index contributed by atoms with van der Waals surface area (Å²) in [5.74, 6) is 0.929. The van der Waals surface area contributed by atoms with Crippen LogP contribution in [0.3, 0.4) is 0 Å². The zero-order valence-electron chi connectivity index (χ0n) is 12.9. The average molecular weight is 288 g/mol. The summed E-state index contributed by atoms with van der Waals surface area (Å²) >= 11 is 0. The summed E-state index contributed by atoms with van der Waals surface area (Å²) in [5.41, 5.74) is 1.69. The second kappa shape index (κ2) is 5.55. The minimum absolute atomic E-state index is 0.0209. The molecule has 0 atom stereocenters. The van der Waals surface area contributed by atoms with Crippen LogP contribution in [0, 0.1) is 6.92 Å². The highest BCUT2D eigenvalue weighted by Crippen LogP contribution is 2.31. The highest BCUT2D eigenvalue weighted by Gasteiger charge is 2.18. The number of hydrogen-bond donors (Lipinski definition) is 2. The van der Waals surface area contributed by atoms with Gasteiger partial charge in [-0.05, 0) is 30.0 Å². The lowest BCUT2D eigenvalue weighted by Gasteiger charge is -2.21. The summed E-state index contributed by atoms with van der Waals surface area (Å²) in [6, 6.07) is 5.75. The molecule has 112 valence electrons. The molecule has 0 saturated heterocycles. The average Bonchev–Trinajstić information content (AvgIpc) is 2.84. The van der Waals surface area contributed by atoms with Gasteiger partial charge in [-0.25, -0.2) is 4.98 Å². The summed E-state index contributed by atoms with van der Waals surface area (Å²) in [6.45, 7) is 8.07. The number of nitrogens with zero attached hydrogens (tertiary/aromatic N) is 2. The van der Waals surface area contributed by atoms with Crippen LogP contribution in [-0.2, 0) is 5.41 Å². The van der Waals surface area contributed by atoms with E-state index in [0.29, 0.717) is 17.3 Å². The molecule has 2 N–H and O–H groups in total. The first-order valence-corrected chi connectivity index (χ1v) is 6.70. The van der Waals surface area contributed by atoms with Crippen LogP contribution in [0.4, 0.5) is 5.69 Å². The monoisotopic (exact) mass is 288 g/mol. The van der Waals surface area contributed by atoms with Crippen LogP contribution in [-0.4, -0.2) is 28.2 Å². The van der Waals surface area contributed by atoms with Gasteiger partial charge in [0, 0.05) is 0 Å². The Morgan fingerprint density at radius 2 is 2.05 bits per heavy atom. The molecule has 0 aliphatic heterocycles. The van der Waals surface area contributed by atoms with Crippen LogP contribution < -0.4 is 10.1 Å². The first-order valence-electron chi connectivity index (χ1n) is 6.70. The van der Waals surface area contributed by atoms with E-state index in [2.05, 4.69) is 41.3 Å². The van der Waals surface area contributed by atoms with Gasteiger partial charge in [0.05, 0.1) is 12.8 Å². The number of methoxy groups -OCH3 is 1. The molecule has 0 aliphatic rings. The molecule has 0 unspecified atom stereocenters. The van der Waals surface area contributed by atoms with Crippen molar-refractivity contribution in [3.8, 4) is 5.75 Å². The Kier molecular flexibility index (Phi) is 3.97. The summed E-state index contributed by atoms with van der Waals surface area (Å²) in [5, 5.41) is 9.29. The standard InChI is InChI=1S/C15H20N4O2/c1-9-16-13(19-18-9)14(20)17-11-8-10(15(2,3)4)6-7-12(11)21-5/h6-8H,1-5H3,(H,17,20)(H,16,18,19). The number of aryl methyl sites for hydroxylation is 1. The second-order valence-corrected chi connectivity index (χ2v) is 5.86. The first-order chi connectivity index (χ1) is 9.81. The topological polar surface area (TPSA) is 79.9 Å². The molecule has 6 nitrogen and oxygen atoms in total. The molecule has 0 spiro atoms. The van der Waals surface area contributed by atoms with Crippen molar-refractivity contribution >= 4 is 11.6 Å². The van der Waals surface area contributed by atoms with Gasteiger partial charge in [-0.3, -0.25) is 9.89 Å². The van der Waals surface area contributed by atoms with Gasteiger partial charge in [-0.2, -0.15) is 0 Å². The molecule has 1 heterocycles. The van der Waals surface area contributed by atoms with E-state index in [-0.39, 0.29) is 17.1 Å². The van der Waals surface area contributed by atoms with E-state index < -0.39 is 0 Å². The van der Waals surface area contributed by atoms with Gasteiger partial charge in [0.1, 0.15) is 11.6 Å². The molecule has 1 aromatic heterocycles. The Morgan fingerprint density at radius 3 is 2.57 bits per heavy atom. The predicted octanol–water partition coefficient (Wildman–Crippen LogP) is 2.67. The number of H-pyrrole nitrogens is 1. The maximum absolute atomic E-state index is 12.1. The predicted molar refractivity (Wildman–Crippen MR) is 80.8 cm³/mol. The zero-order valence-corrected chi connectivity index (χ0v) is 12.9.